The van der Waals surface area contributed by atoms with E-state index in [0.29, 0.717) is 0 Å². The molecule has 0 aromatic heterocycles. The number of nitrogens with two attached hydrogens (primary N) is 2. The van der Waals surface area contributed by atoms with Crippen molar-refractivity contribution in [1.29, 1.82) is 0 Å². The number of carboxylic acids is 1. The van der Waals surface area contributed by atoms with Gasteiger partial charge in [-0.1, -0.05) is 30.3 Å². The number of alkyl carbamates (subject to hydrolysis) is 1. The van der Waals surface area contributed by atoms with Crippen molar-refractivity contribution >= 4 is 18.2 Å². The quantitative estimate of drug-likeness (QED) is 0.347. The summed E-state index contributed by atoms with van der Waals surface area (Å²) >= 11 is 0. The largest absolute Gasteiger partial charge is 1.00 e. The van der Waals surface area contributed by atoms with Gasteiger partial charge >= 0.3 is 47.7 Å². The van der Waals surface area contributed by atoms with Crippen LogP contribution in [0.2, 0.25) is 0 Å². The molecule has 1 atom stereocenters. The Kier molecular flexibility index (Phi) is 14.1. The van der Waals surface area contributed by atoms with Crippen molar-refractivity contribution in [1.82, 2.24) is 5.32 Å². The summed E-state index contributed by atoms with van der Waals surface area (Å²) in [6.07, 6.45) is -1.91. The van der Waals surface area contributed by atoms with Crippen LogP contribution in [-0.2, 0) is 16.0 Å². The first-order chi connectivity index (χ1) is 10.4. The Morgan fingerprint density at radius 1 is 1.22 bits per heavy atom. The summed E-state index contributed by atoms with van der Waals surface area (Å²) in [6.45, 7) is 0.257. The maximum atomic E-state index is 11.3. The van der Waals surface area contributed by atoms with Crippen LogP contribution in [0.15, 0.2) is 30.3 Å². The number of carboxylic acid groups (broad SMARTS) is 2. The summed E-state index contributed by atoms with van der Waals surface area (Å²) in [5.74, 6) is -1.11. The summed E-state index contributed by atoms with van der Waals surface area (Å²) < 4.78 is 4.67. The Balaban J connectivity index is -0.000000661. The topological polar surface area (TPSA) is 165 Å². The number of amides is 2. The third-order valence-electron chi connectivity index (χ3n) is 2.22. The molecule has 0 aliphatic heterocycles. The van der Waals surface area contributed by atoms with Crippen LogP contribution in [0.25, 0.3) is 0 Å². The second kappa shape index (κ2) is 13.8. The molecule has 0 saturated carbocycles. The van der Waals surface area contributed by atoms with Crippen molar-refractivity contribution in [2.45, 2.75) is 12.5 Å². The average molecular weight is 337 g/mol. The Bertz CT molecular complexity index is 488. The van der Waals surface area contributed by atoms with Crippen LogP contribution in [0, 0.1) is 0 Å². The molecule has 124 valence electrons. The first-order valence-electron chi connectivity index (χ1n) is 6.25. The minimum absolute atomic E-state index is 0. The van der Waals surface area contributed by atoms with Crippen molar-refractivity contribution in [3.8, 4) is 0 Å². The molecular weight excluding hydrogens is 317 g/mol. The summed E-state index contributed by atoms with van der Waals surface area (Å²) in [5.41, 5.74) is 10.0. The second-order valence-corrected chi connectivity index (χ2v) is 3.99. The van der Waals surface area contributed by atoms with E-state index in [1.165, 1.54) is 0 Å². The van der Waals surface area contributed by atoms with E-state index < -0.39 is 24.2 Å². The summed E-state index contributed by atoms with van der Waals surface area (Å²) in [6, 6.07) is 8.02. The van der Waals surface area contributed by atoms with Crippen LogP contribution in [-0.4, -0.2) is 47.6 Å². The van der Waals surface area contributed by atoms with Crippen LogP contribution in [0.4, 0.5) is 9.59 Å². The molecule has 9 nitrogen and oxygen atoms in total. The van der Waals surface area contributed by atoms with Gasteiger partial charge in [0.25, 0.3) is 0 Å². The van der Waals surface area contributed by atoms with Gasteiger partial charge in [0.15, 0.2) is 0 Å². The molecule has 10 heteroatoms. The third kappa shape index (κ3) is 13.6. The standard InChI is InChI=1S/C12H16N2O4.CH3NO2.Na.H/c13-6-7-18-12(17)14-10(11(15)16)8-9-4-2-1-3-5-9;2-1(3)4;;/h1-5,10H,6-8,13H2,(H,14,17)(H,15,16);2H2,(H,3,4);;/q;;+1;-1. The first-order valence-corrected chi connectivity index (χ1v) is 6.25. The van der Waals surface area contributed by atoms with Crippen molar-refractivity contribution in [2.24, 2.45) is 11.5 Å². The van der Waals surface area contributed by atoms with Gasteiger partial charge in [-0.2, -0.15) is 0 Å². The molecule has 0 saturated heterocycles. The van der Waals surface area contributed by atoms with Crippen molar-refractivity contribution in [2.75, 3.05) is 13.2 Å². The van der Waals surface area contributed by atoms with E-state index in [0.717, 1.165) is 5.56 Å². The van der Waals surface area contributed by atoms with Crippen molar-refractivity contribution in [3.63, 3.8) is 0 Å². The van der Waals surface area contributed by atoms with Crippen LogP contribution >= 0.6 is 0 Å². The number of aliphatic carboxylic acids is 1. The summed E-state index contributed by atoms with van der Waals surface area (Å²) in [7, 11) is 0. The Labute approximate surface area is 156 Å². The average Bonchev–Trinajstić information content (AvgIpc) is 2.45. The van der Waals surface area contributed by atoms with Gasteiger partial charge in [0.2, 0.25) is 0 Å². The number of benzene rings is 1. The van der Waals surface area contributed by atoms with Gasteiger partial charge in [0.05, 0.1) is 0 Å². The van der Waals surface area contributed by atoms with Gasteiger partial charge in [-0.25, -0.2) is 14.4 Å². The minimum Gasteiger partial charge on any atom is -1.00 e. The van der Waals surface area contributed by atoms with E-state index in [1.807, 2.05) is 6.07 Å². The number of primary amides is 1. The number of rotatable bonds is 6. The predicted molar refractivity (Wildman–Crippen MR) is 78.4 cm³/mol. The maximum absolute atomic E-state index is 11.3. The van der Waals surface area contributed by atoms with E-state index in [4.69, 9.17) is 20.7 Å². The fraction of sp³-hybridized carbons (Fsp3) is 0.308. The first kappa shape index (κ1) is 23.5. The van der Waals surface area contributed by atoms with E-state index in [2.05, 4.69) is 15.8 Å². The molecule has 1 unspecified atom stereocenters. The fourth-order valence-electron chi connectivity index (χ4n) is 1.39. The molecule has 23 heavy (non-hydrogen) atoms. The second-order valence-electron chi connectivity index (χ2n) is 3.99. The molecule has 0 heterocycles. The number of nitrogens with one attached hydrogen (secondary N) is 1. The Morgan fingerprint density at radius 3 is 2.17 bits per heavy atom. The maximum Gasteiger partial charge on any atom is 1.00 e. The molecule has 0 radical (unpaired) electrons. The van der Waals surface area contributed by atoms with Crippen LogP contribution in [0.1, 0.15) is 6.99 Å². The number of carbonyl (C=O) groups excluding carboxylic acids is 1. The van der Waals surface area contributed by atoms with Gasteiger partial charge < -0.3 is 33.2 Å². The number of ether oxygens (including phenoxy) is 1. The van der Waals surface area contributed by atoms with E-state index in [1.54, 1.807) is 24.3 Å². The molecule has 0 bridgehead atoms. The number of hydrogen-bond donors (Lipinski definition) is 5. The minimum atomic E-state index is -1.33. The molecule has 2 amide bonds. The third-order valence-corrected chi connectivity index (χ3v) is 2.22. The monoisotopic (exact) mass is 337 g/mol. The zero-order chi connectivity index (χ0) is 17.0. The van der Waals surface area contributed by atoms with Gasteiger partial charge in [-0.3, -0.25) is 0 Å². The number of carbonyl (C=O) groups is 3. The van der Waals surface area contributed by atoms with Gasteiger partial charge in [-0.05, 0) is 5.56 Å². The molecule has 0 spiro atoms. The van der Waals surface area contributed by atoms with E-state index in [9.17, 15) is 9.59 Å². The van der Waals surface area contributed by atoms with Crippen LogP contribution < -0.4 is 46.3 Å². The van der Waals surface area contributed by atoms with Crippen molar-refractivity contribution < 1.29 is 60.3 Å². The fourth-order valence-corrected chi connectivity index (χ4v) is 1.39. The number of hydrogen-bond acceptors (Lipinski definition) is 5. The van der Waals surface area contributed by atoms with E-state index >= 15 is 0 Å². The zero-order valence-corrected chi connectivity index (χ0v) is 14.8. The van der Waals surface area contributed by atoms with E-state index in [-0.39, 0.29) is 50.6 Å². The SMILES string of the molecule is NC(=O)O.NCCOC(=O)NC(Cc1ccccc1)C(=O)O.[H-].[Na+]. The Hall–Kier alpha value is -1.81. The molecule has 7 N–H and O–H groups in total. The van der Waals surface area contributed by atoms with Gasteiger partial charge in [0.1, 0.15) is 12.6 Å². The zero-order valence-electron chi connectivity index (χ0n) is 13.8. The van der Waals surface area contributed by atoms with Crippen LogP contribution in [0.3, 0.4) is 0 Å². The van der Waals surface area contributed by atoms with Crippen LogP contribution in [0.5, 0.6) is 0 Å². The molecule has 1 aromatic carbocycles. The molecule has 0 aliphatic carbocycles. The molecular formula is C13H20N3NaO6. The molecule has 1 aromatic rings. The van der Waals surface area contributed by atoms with Crippen molar-refractivity contribution in [3.05, 3.63) is 35.9 Å². The summed E-state index contributed by atoms with van der Waals surface area (Å²) in [5, 5.41) is 18.5. The molecule has 0 aliphatic rings. The van der Waals surface area contributed by atoms with Gasteiger partial charge in [0, 0.05) is 13.0 Å². The molecule has 1 rings (SSSR count). The summed E-state index contributed by atoms with van der Waals surface area (Å²) in [4.78, 5) is 31.1. The predicted octanol–water partition coefficient (Wildman–Crippen LogP) is -2.89. The smallest absolute Gasteiger partial charge is 1.00 e. The normalized spacial score (nSPS) is 10.1. The van der Waals surface area contributed by atoms with Gasteiger partial charge in [-0.15, -0.1) is 0 Å². The Morgan fingerprint density at radius 2 is 1.74 bits per heavy atom. The molecule has 0 fully saturated rings.